The van der Waals surface area contributed by atoms with Crippen LogP contribution in [0.15, 0.2) is 37.2 Å². The van der Waals surface area contributed by atoms with E-state index in [-0.39, 0.29) is 6.04 Å². The van der Waals surface area contributed by atoms with Crippen molar-refractivity contribution in [1.82, 2.24) is 29.3 Å². The van der Waals surface area contributed by atoms with Crippen LogP contribution in [0.1, 0.15) is 19.8 Å². The summed E-state index contributed by atoms with van der Waals surface area (Å²) >= 11 is 0. The molecule has 25 heavy (non-hydrogen) atoms. The number of rotatable bonds is 3. The standard InChI is InChI=1S/C17H17N7O/c1-17(25)4-11(5-17)22-15-20-8-13-12(7-19-14(13)23-15)10-6-21-16-18-2-3-24(16)9-10/h2-3,6-9,11,25H,4-5H2,1H3,(H2,19,20,22,23)/t11-,17+. The van der Waals surface area contributed by atoms with Crippen LogP contribution in [0.25, 0.3) is 27.9 Å². The van der Waals surface area contributed by atoms with Gasteiger partial charge >= 0.3 is 0 Å². The van der Waals surface area contributed by atoms with Crippen LogP contribution in [0.5, 0.6) is 0 Å². The molecule has 1 fully saturated rings. The molecule has 0 aliphatic heterocycles. The van der Waals surface area contributed by atoms with Gasteiger partial charge < -0.3 is 15.4 Å². The van der Waals surface area contributed by atoms with E-state index in [2.05, 4.69) is 30.2 Å². The van der Waals surface area contributed by atoms with Crippen LogP contribution in [0, 0.1) is 0 Å². The van der Waals surface area contributed by atoms with Gasteiger partial charge in [-0.05, 0) is 19.8 Å². The highest BCUT2D eigenvalue weighted by atomic mass is 16.3. The first-order valence-corrected chi connectivity index (χ1v) is 8.20. The third-order valence-corrected chi connectivity index (χ3v) is 4.69. The maximum atomic E-state index is 9.82. The number of hydrogen-bond donors (Lipinski definition) is 3. The lowest BCUT2D eigenvalue weighted by Crippen LogP contribution is -2.48. The van der Waals surface area contributed by atoms with Crippen LogP contribution < -0.4 is 5.32 Å². The number of aliphatic hydroxyl groups is 1. The maximum absolute atomic E-state index is 9.82. The van der Waals surface area contributed by atoms with Crippen LogP contribution in [0.3, 0.4) is 0 Å². The second kappa shape index (κ2) is 5.00. The normalized spacial score (nSPS) is 23.0. The van der Waals surface area contributed by atoms with Gasteiger partial charge in [-0.25, -0.2) is 15.0 Å². The Morgan fingerprint density at radius 3 is 3.00 bits per heavy atom. The Labute approximate surface area is 143 Å². The van der Waals surface area contributed by atoms with Crippen molar-refractivity contribution in [3.05, 3.63) is 37.2 Å². The van der Waals surface area contributed by atoms with Gasteiger partial charge in [0.05, 0.1) is 5.60 Å². The zero-order valence-corrected chi connectivity index (χ0v) is 13.6. The first-order chi connectivity index (χ1) is 12.1. The molecule has 4 aromatic rings. The second-order valence-electron chi connectivity index (χ2n) is 6.88. The highest BCUT2D eigenvalue weighted by molar-refractivity contribution is 5.93. The summed E-state index contributed by atoms with van der Waals surface area (Å²) < 4.78 is 1.88. The fourth-order valence-electron chi connectivity index (χ4n) is 3.46. The number of nitrogens with one attached hydrogen (secondary N) is 2. The third-order valence-electron chi connectivity index (χ3n) is 4.69. The van der Waals surface area contributed by atoms with Gasteiger partial charge in [0.25, 0.3) is 0 Å². The van der Waals surface area contributed by atoms with Gasteiger partial charge in [-0.15, -0.1) is 0 Å². The molecular weight excluding hydrogens is 318 g/mol. The summed E-state index contributed by atoms with van der Waals surface area (Å²) in [6.07, 6.45) is 12.5. The molecule has 0 bridgehead atoms. The summed E-state index contributed by atoms with van der Waals surface area (Å²) in [6, 6.07) is 0.217. The van der Waals surface area contributed by atoms with Crippen molar-refractivity contribution in [3.63, 3.8) is 0 Å². The van der Waals surface area contributed by atoms with Crippen molar-refractivity contribution < 1.29 is 5.11 Å². The fraction of sp³-hybridized carbons (Fsp3) is 0.294. The highest BCUT2D eigenvalue weighted by Crippen LogP contribution is 2.33. The summed E-state index contributed by atoms with van der Waals surface area (Å²) in [6.45, 7) is 1.84. The van der Waals surface area contributed by atoms with E-state index in [9.17, 15) is 5.11 Å². The number of H-pyrrole nitrogens is 1. The van der Waals surface area contributed by atoms with E-state index in [1.807, 2.05) is 36.1 Å². The number of aromatic nitrogens is 6. The van der Waals surface area contributed by atoms with E-state index in [0.29, 0.717) is 24.6 Å². The molecule has 0 unspecified atom stereocenters. The van der Waals surface area contributed by atoms with Crippen molar-refractivity contribution in [2.75, 3.05) is 5.32 Å². The Balaban J connectivity index is 1.46. The van der Waals surface area contributed by atoms with Gasteiger partial charge in [0, 0.05) is 59.7 Å². The molecule has 5 rings (SSSR count). The molecular formula is C17H17N7O. The molecule has 0 aromatic carbocycles. The van der Waals surface area contributed by atoms with E-state index in [1.165, 1.54) is 0 Å². The molecule has 0 saturated heterocycles. The minimum atomic E-state index is -0.569. The summed E-state index contributed by atoms with van der Waals surface area (Å²) in [5.74, 6) is 1.24. The molecule has 126 valence electrons. The molecule has 0 spiro atoms. The molecule has 1 saturated carbocycles. The van der Waals surface area contributed by atoms with Crippen LogP contribution >= 0.6 is 0 Å². The Morgan fingerprint density at radius 1 is 1.28 bits per heavy atom. The molecule has 0 amide bonds. The first kappa shape index (κ1) is 14.4. The smallest absolute Gasteiger partial charge is 0.233 e. The van der Waals surface area contributed by atoms with E-state index < -0.39 is 5.60 Å². The number of anilines is 1. The van der Waals surface area contributed by atoms with Gasteiger partial charge in [-0.2, -0.15) is 4.98 Å². The quantitative estimate of drug-likeness (QED) is 0.529. The Hall–Kier alpha value is -3.00. The number of hydrogen-bond acceptors (Lipinski definition) is 6. The number of aromatic amines is 1. The number of imidazole rings is 1. The van der Waals surface area contributed by atoms with Crippen LogP contribution in [0.2, 0.25) is 0 Å². The van der Waals surface area contributed by atoms with Gasteiger partial charge in [0.2, 0.25) is 11.7 Å². The van der Waals surface area contributed by atoms with E-state index >= 15 is 0 Å². The molecule has 8 nitrogen and oxygen atoms in total. The fourth-order valence-corrected chi connectivity index (χ4v) is 3.46. The van der Waals surface area contributed by atoms with Gasteiger partial charge in [0.15, 0.2) is 0 Å². The van der Waals surface area contributed by atoms with Crippen LogP contribution in [-0.2, 0) is 0 Å². The Kier molecular flexibility index (Phi) is 2.87. The van der Waals surface area contributed by atoms with Crippen LogP contribution in [0.4, 0.5) is 5.95 Å². The summed E-state index contributed by atoms with van der Waals surface area (Å²) in [7, 11) is 0. The van der Waals surface area contributed by atoms with Crippen molar-refractivity contribution in [2.24, 2.45) is 0 Å². The predicted molar refractivity (Wildman–Crippen MR) is 93.1 cm³/mol. The highest BCUT2D eigenvalue weighted by Gasteiger charge is 2.38. The maximum Gasteiger partial charge on any atom is 0.233 e. The third kappa shape index (κ3) is 2.42. The van der Waals surface area contributed by atoms with E-state index in [1.54, 1.807) is 12.4 Å². The number of fused-ring (bicyclic) bond motifs is 2. The molecule has 0 radical (unpaired) electrons. The van der Waals surface area contributed by atoms with Gasteiger partial charge in [-0.1, -0.05) is 0 Å². The molecule has 4 heterocycles. The van der Waals surface area contributed by atoms with Gasteiger partial charge in [-0.3, -0.25) is 4.40 Å². The average molecular weight is 335 g/mol. The predicted octanol–water partition coefficient (Wildman–Crippen LogP) is 1.99. The lowest BCUT2D eigenvalue weighted by molar-refractivity contribution is -0.0235. The second-order valence-corrected chi connectivity index (χ2v) is 6.88. The largest absolute Gasteiger partial charge is 0.390 e. The monoisotopic (exact) mass is 335 g/mol. The minimum Gasteiger partial charge on any atom is -0.390 e. The van der Waals surface area contributed by atoms with E-state index in [4.69, 9.17) is 0 Å². The minimum absolute atomic E-state index is 0.217. The van der Waals surface area contributed by atoms with Crippen LogP contribution in [-0.4, -0.2) is 46.1 Å². The lowest BCUT2D eigenvalue weighted by atomic mass is 9.77. The van der Waals surface area contributed by atoms with Crippen molar-refractivity contribution >= 4 is 22.8 Å². The zero-order valence-electron chi connectivity index (χ0n) is 13.6. The van der Waals surface area contributed by atoms with Crippen molar-refractivity contribution in [1.29, 1.82) is 0 Å². The molecule has 1 aliphatic rings. The Bertz CT molecular complexity index is 1070. The average Bonchev–Trinajstić information content (AvgIpc) is 3.18. The molecule has 1 aliphatic carbocycles. The summed E-state index contributed by atoms with van der Waals surface area (Å²) in [5, 5.41) is 14.0. The first-order valence-electron chi connectivity index (χ1n) is 8.20. The topological polar surface area (TPSA) is 104 Å². The SMILES string of the molecule is C[C@]1(O)C[C@@H](Nc2ncc3c(-c4cnc5nccn5c4)c[nH]c3n2)C1. The summed E-state index contributed by atoms with van der Waals surface area (Å²) in [4.78, 5) is 20.7. The molecule has 3 N–H and O–H groups in total. The molecule has 4 aromatic heterocycles. The lowest BCUT2D eigenvalue weighted by Gasteiger charge is -2.41. The molecule has 8 heteroatoms. The van der Waals surface area contributed by atoms with Gasteiger partial charge in [0.1, 0.15) is 5.65 Å². The Morgan fingerprint density at radius 2 is 2.16 bits per heavy atom. The van der Waals surface area contributed by atoms with E-state index in [0.717, 1.165) is 22.2 Å². The van der Waals surface area contributed by atoms with Crippen molar-refractivity contribution in [2.45, 2.75) is 31.4 Å². The summed E-state index contributed by atoms with van der Waals surface area (Å²) in [5.41, 5.74) is 2.16. The number of nitrogens with zero attached hydrogens (tertiary/aromatic N) is 5. The molecule has 0 atom stereocenters. The zero-order chi connectivity index (χ0) is 17.0. The van der Waals surface area contributed by atoms with Crippen molar-refractivity contribution in [3.8, 4) is 11.1 Å².